The minimum atomic E-state index is 0.410. The third-order valence-corrected chi connectivity index (χ3v) is 3.51. The molecular formula is C17H32N2. The first-order chi connectivity index (χ1) is 8.96. The van der Waals surface area contributed by atoms with Gasteiger partial charge >= 0.3 is 0 Å². The molecule has 1 heterocycles. The van der Waals surface area contributed by atoms with Crippen LogP contribution in [0.2, 0.25) is 0 Å². The number of nitrogens with zero attached hydrogens (tertiary/aromatic N) is 1. The van der Waals surface area contributed by atoms with Crippen molar-refractivity contribution in [3.05, 3.63) is 24.0 Å². The zero-order chi connectivity index (χ0) is 14.3. The number of aromatic nitrogens is 1. The van der Waals surface area contributed by atoms with Gasteiger partial charge in [0.05, 0.1) is 0 Å². The molecule has 0 radical (unpaired) electrons. The van der Waals surface area contributed by atoms with Crippen molar-refractivity contribution in [1.82, 2.24) is 9.88 Å². The summed E-state index contributed by atoms with van der Waals surface area (Å²) < 4.78 is 2.34. The standard InChI is InChI=1S/C17H32N2/c1-6-8-16(18-11-7-2)15-9-12-19(14-15)13-10-17(3,4)5/h9,12,14,16,18H,6-8,10-11,13H2,1-5H3. The van der Waals surface area contributed by atoms with Crippen LogP contribution in [0.15, 0.2) is 18.5 Å². The molecule has 1 aromatic rings. The van der Waals surface area contributed by atoms with Gasteiger partial charge in [-0.1, -0.05) is 41.0 Å². The van der Waals surface area contributed by atoms with Crippen molar-refractivity contribution < 1.29 is 0 Å². The van der Waals surface area contributed by atoms with Crippen LogP contribution in [0.1, 0.15) is 71.9 Å². The molecule has 0 saturated heterocycles. The first kappa shape index (κ1) is 16.3. The van der Waals surface area contributed by atoms with Crippen LogP contribution in [0.4, 0.5) is 0 Å². The summed E-state index contributed by atoms with van der Waals surface area (Å²) in [6.45, 7) is 13.6. The fourth-order valence-electron chi connectivity index (χ4n) is 2.26. The Morgan fingerprint density at radius 3 is 2.53 bits per heavy atom. The van der Waals surface area contributed by atoms with Crippen molar-refractivity contribution in [2.75, 3.05) is 6.54 Å². The Labute approximate surface area is 119 Å². The molecule has 0 fully saturated rings. The van der Waals surface area contributed by atoms with E-state index >= 15 is 0 Å². The highest BCUT2D eigenvalue weighted by molar-refractivity contribution is 5.15. The van der Waals surface area contributed by atoms with E-state index in [1.807, 2.05) is 0 Å². The van der Waals surface area contributed by atoms with Gasteiger partial charge in [-0.2, -0.15) is 0 Å². The molecule has 110 valence electrons. The lowest BCUT2D eigenvalue weighted by Crippen LogP contribution is -2.21. The van der Waals surface area contributed by atoms with Gasteiger partial charge in [-0.25, -0.2) is 0 Å². The fourth-order valence-corrected chi connectivity index (χ4v) is 2.26. The van der Waals surface area contributed by atoms with Crippen molar-refractivity contribution in [3.63, 3.8) is 0 Å². The van der Waals surface area contributed by atoms with E-state index in [1.54, 1.807) is 0 Å². The Hall–Kier alpha value is -0.760. The monoisotopic (exact) mass is 264 g/mol. The summed E-state index contributed by atoms with van der Waals surface area (Å²) in [5.74, 6) is 0. The summed E-state index contributed by atoms with van der Waals surface area (Å²) in [6.07, 6.45) is 9.44. The van der Waals surface area contributed by atoms with E-state index in [0.717, 1.165) is 13.1 Å². The Kier molecular flexibility index (Phi) is 6.64. The predicted molar refractivity (Wildman–Crippen MR) is 84.4 cm³/mol. The molecule has 0 aromatic carbocycles. The van der Waals surface area contributed by atoms with Crippen LogP contribution in [-0.4, -0.2) is 11.1 Å². The zero-order valence-corrected chi connectivity index (χ0v) is 13.5. The van der Waals surface area contributed by atoms with Gasteiger partial charge in [0.1, 0.15) is 0 Å². The minimum absolute atomic E-state index is 0.410. The number of nitrogens with one attached hydrogen (secondary N) is 1. The topological polar surface area (TPSA) is 17.0 Å². The lowest BCUT2D eigenvalue weighted by Gasteiger charge is -2.18. The smallest absolute Gasteiger partial charge is 0.0335 e. The predicted octanol–water partition coefficient (Wildman–Crippen LogP) is 4.77. The number of hydrogen-bond acceptors (Lipinski definition) is 1. The average Bonchev–Trinajstić information content (AvgIpc) is 2.80. The van der Waals surface area contributed by atoms with Crippen LogP contribution in [0.5, 0.6) is 0 Å². The molecule has 1 rings (SSSR count). The molecule has 2 nitrogen and oxygen atoms in total. The molecule has 0 aliphatic carbocycles. The van der Waals surface area contributed by atoms with Gasteiger partial charge in [-0.15, -0.1) is 0 Å². The van der Waals surface area contributed by atoms with Crippen LogP contribution < -0.4 is 5.32 Å². The zero-order valence-electron chi connectivity index (χ0n) is 13.5. The van der Waals surface area contributed by atoms with Crippen molar-refractivity contribution in [1.29, 1.82) is 0 Å². The second-order valence-corrected chi connectivity index (χ2v) is 6.79. The van der Waals surface area contributed by atoms with Crippen LogP contribution in [0, 0.1) is 5.41 Å². The van der Waals surface area contributed by atoms with Crippen LogP contribution in [0.3, 0.4) is 0 Å². The third kappa shape index (κ3) is 6.29. The summed E-state index contributed by atoms with van der Waals surface area (Å²) >= 11 is 0. The highest BCUT2D eigenvalue weighted by Gasteiger charge is 2.13. The van der Waals surface area contributed by atoms with Gasteiger partial charge in [-0.05, 0) is 42.9 Å². The van der Waals surface area contributed by atoms with E-state index in [0.29, 0.717) is 11.5 Å². The normalized spacial score (nSPS) is 13.7. The van der Waals surface area contributed by atoms with Gasteiger partial charge in [0, 0.05) is 25.0 Å². The molecule has 0 spiro atoms. The number of rotatable bonds is 8. The van der Waals surface area contributed by atoms with Gasteiger partial charge < -0.3 is 9.88 Å². The summed E-state index contributed by atoms with van der Waals surface area (Å²) in [5.41, 5.74) is 1.86. The second kappa shape index (κ2) is 7.74. The highest BCUT2D eigenvalue weighted by atomic mass is 15.0. The van der Waals surface area contributed by atoms with E-state index in [2.05, 4.69) is 63.0 Å². The summed E-state index contributed by atoms with van der Waals surface area (Å²) in [4.78, 5) is 0. The minimum Gasteiger partial charge on any atom is -0.354 e. The molecule has 2 heteroatoms. The molecule has 1 aromatic heterocycles. The van der Waals surface area contributed by atoms with Crippen LogP contribution in [-0.2, 0) is 6.54 Å². The quantitative estimate of drug-likeness (QED) is 0.716. The fraction of sp³-hybridized carbons (Fsp3) is 0.765. The molecule has 0 aliphatic rings. The van der Waals surface area contributed by atoms with Gasteiger partial charge in [0.2, 0.25) is 0 Å². The summed E-state index contributed by atoms with van der Waals surface area (Å²) in [5, 5.41) is 3.66. The molecule has 0 aliphatic heterocycles. The second-order valence-electron chi connectivity index (χ2n) is 6.79. The molecule has 0 saturated carbocycles. The molecule has 19 heavy (non-hydrogen) atoms. The SMILES string of the molecule is CCCNC(CCC)c1ccn(CCC(C)(C)C)c1. The van der Waals surface area contributed by atoms with Crippen molar-refractivity contribution in [2.24, 2.45) is 5.41 Å². The van der Waals surface area contributed by atoms with Gasteiger partial charge in [0.25, 0.3) is 0 Å². The molecule has 0 amide bonds. The van der Waals surface area contributed by atoms with Crippen molar-refractivity contribution in [3.8, 4) is 0 Å². The van der Waals surface area contributed by atoms with E-state index in [9.17, 15) is 0 Å². The number of aryl methyl sites for hydroxylation is 1. The maximum Gasteiger partial charge on any atom is 0.0335 e. The number of hydrogen-bond donors (Lipinski definition) is 1. The maximum absolute atomic E-state index is 3.66. The Morgan fingerprint density at radius 1 is 1.21 bits per heavy atom. The van der Waals surface area contributed by atoms with E-state index in [4.69, 9.17) is 0 Å². The maximum atomic E-state index is 3.66. The van der Waals surface area contributed by atoms with Crippen LogP contribution in [0.25, 0.3) is 0 Å². The van der Waals surface area contributed by atoms with E-state index in [1.165, 1.54) is 31.2 Å². The molecule has 1 unspecified atom stereocenters. The van der Waals surface area contributed by atoms with Gasteiger partial charge in [-0.3, -0.25) is 0 Å². The molecule has 1 atom stereocenters. The lowest BCUT2D eigenvalue weighted by atomic mass is 9.92. The average molecular weight is 264 g/mol. The van der Waals surface area contributed by atoms with Crippen LogP contribution >= 0.6 is 0 Å². The molecule has 1 N–H and O–H groups in total. The Balaban J connectivity index is 2.59. The Morgan fingerprint density at radius 2 is 1.95 bits per heavy atom. The molecular weight excluding hydrogens is 232 g/mol. The summed E-state index contributed by atoms with van der Waals surface area (Å²) in [7, 11) is 0. The molecule has 0 bridgehead atoms. The first-order valence-electron chi connectivity index (χ1n) is 7.85. The van der Waals surface area contributed by atoms with E-state index in [-0.39, 0.29) is 0 Å². The van der Waals surface area contributed by atoms with Crippen molar-refractivity contribution >= 4 is 0 Å². The van der Waals surface area contributed by atoms with Gasteiger partial charge in [0.15, 0.2) is 0 Å². The lowest BCUT2D eigenvalue weighted by molar-refractivity contribution is 0.350. The Bertz CT molecular complexity index is 346. The first-order valence-corrected chi connectivity index (χ1v) is 7.85. The largest absolute Gasteiger partial charge is 0.354 e. The van der Waals surface area contributed by atoms with E-state index < -0.39 is 0 Å². The highest BCUT2D eigenvalue weighted by Crippen LogP contribution is 2.22. The third-order valence-electron chi connectivity index (χ3n) is 3.51. The summed E-state index contributed by atoms with van der Waals surface area (Å²) in [6, 6.07) is 2.81. The van der Waals surface area contributed by atoms with Crippen molar-refractivity contribution in [2.45, 2.75) is 72.9 Å².